The van der Waals surface area contributed by atoms with Crippen LogP contribution in [0, 0.1) is 23.3 Å². The molecule has 1 heterocycles. The van der Waals surface area contributed by atoms with E-state index in [0.717, 1.165) is 6.07 Å². The molecule has 0 aliphatic carbocycles. The number of carbonyl (C=O) groups excluding carboxylic acids is 1. The summed E-state index contributed by atoms with van der Waals surface area (Å²) < 4.78 is 62.0. The Kier molecular flexibility index (Phi) is 5.04. The second kappa shape index (κ2) is 7.19. The molecule has 0 bridgehead atoms. The Labute approximate surface area is 162 Å². The maximum Gasteiger partial charge on any atom is 0.251 e. The molecule has 0 radical (unpaired) electrons. The molecule has 0 saturated carbocycles. The summed E-state index contributed by atoms with van der Waals surface area (Å²) >= 11 is 0. The minimum absolute atomic E-state index is 0.162. The van der Waals surface area contributed by atoms with Crippen LogP contribution in [0.2, 0.25) is 0 Å². The van der Waals surface area contributed by atoms with Crippen molar-refractivity contribution in [2.75, 3.05) is 0 Å². The Morgan fingerprint density at radius 1 is 1.03 bits per heavy atom. The first-order valence-electron chi connectivity index (χ1n) is 8.34. The van der Waals surface area contributed by atoms with Crippen LogP contribution in [0.5, 0.6) is 5.75 Å². The second-order valence-corrected chi connectivity index (χ2v) is 6.78. The Hall–Kier alpha value is -3.43. The maximum atomic E-state index is 14.1. The first-order valence-corrected chi connectivity index (χ1v) is 8.34. The monoisotopic (exact) mass is 408 g/mol. The standard InChI is InChI=1S/C19H16F4N4O2/c1-19(2,29-15-13(22)7-10(20)8-14(15)23)18-26-25-17(27(18)3)9-4-5-11(16(24)28)12(21)6-9/h4-8H,1-3H3,(H2,24,28). The van der Waals surface area contributed by atoms with Crippen LogP contribution < -0.4 is 10.5 Å². The first-order chi connectivity index (χ1) is 13.5. The summed E-state index contributed by atoms with van der Waals surface area (Å²) in [4.78, 5) is 11.2. The van der Waals surface area contributed by atoms with Crippen molar-refractivity contribution in [2.45, 2.75) is 19.4 Å². The van der Waals surface area contributed by atoms with Crippen LogP contribution in [0.15, 0.2) is 30.3 Å². The van der Waals surface area contributed by atoms with Crippen molar-refractivity contribution in [3.63, 3.8) is 0 Å². The van der Waals surface area contributed by atoms with Crippen LogP contribution in [-0.2, 0) is 12.6 Å². The number of benzene rings is 2. The fraction of sp³-hybridized carbons (Fsp3) is 0.211. The minimum atomic E-state index is -1.38. The van der Waals surface area contributed by atoms with E-state index in [-0.39, 0.29) is 17.2 Å². The van der Waals surface area contributed by atoms with Gasteiger partial charge in [0.15, 0.2) is 34.6 Å². The van der Waals surface area contributed by atoms with E-state index in [2.05, 4.69) is 10.2 Å². The zero-order valence-corrected chi connectivity index (χ0v) is 15.6. The predicted octanol–water partition coefficient (Wildman–Crippen LogP) is 3.45. The number of nitrogens with zero attached hydrogens (tertiary/aromatic N) is 3. The first kappa shape index (κ1) is 20.3. The highest BCUT2D eigenvalue weighted by molar-refractivity contribution is 5.93. The van der Waals surface area contributed by atoms with Gasteiger partial charge in [-0.1, -0.05) is 6.07 Å². The number of amides is 1. The molecular weight excluding hydrogens is 392 g/mol. The smallest absolute Gasteiger partial charge is 0.251 e. The van der Waals surface area contributed by atoms with Gasteiger partial charge in [-0.3, -0.25) is 4.79 Å². The van der Waals surface area contributed by atoms with Crippen molar-refractivity contribution < 1.29 is 27.1 Å². The molecule has 0 unspecified atom stereocenters. The molecule has 29 heavy (non-hydrogen) atoms. The molecule has 10 heteroatoms. The van der Waals surface area contributed by atoms with Gasteiger partial charge in [-0.15, -0.1) is 10.2 Å². The van der Waals surface area contributed by atoms with Gasteiger partial charge in [0.25, 0.3) is 5.91 Å². The maximum absolute atomic E-state index is 14.1. The highest BCUT2D eigenvalue weighted by Gasteiger charge is 2.32. The predicted molar refractivity (Wildman–Crippen MR) is 94.9 cm³/mol. The molecule has 0 aliphatic rings. The fourth-order valence-electron chi connectivity index (χ4n) is 2.89. The summed E-state index contributed by atoms with van der Waals surface area (Å²) in [7, 11) is 1.55. The number of primary amides is 1. The van der Waals surface area contributed by atoms with Crippen molar-refractivity contribution in [3.8, 4) is 17.1 Å². The Morgan fingerprint density at radius 3 is 2.21 bits per heavy atom. The molecule has 2 aromatic carbocycles. The Balaban J connectivity index is 1.98. The van der Waals surface area contributed by atoms with Crippen LogP contribution >= 0.6 is 0 Å². The van der Waals surface area contributed by atoms with Crippen LogP contribution in [0.1, 0.15) is 30.0 Å². The van der Waals surface area contributed by atoms with Gasteiger partial charge < -0.3 is 15.0 Å². The van der Waals surface area contributed by atoms with Crippen molar-refractivity contribution in [1.82, 2.24) is 14.8 Å². The van der Waals surface area contributed by atoms with Gasteiger partial charge in [-0.05, 0) is 26.0 Å². The fourth-order valence-corrected chi connectivity index (χ4v) is 2.89. The third-order valence-electron chi connectivity index (χ3n) is 4.23. The largest absolute Gasteiger partial charge is 0.474 e. The number of hydrogen-bond acceptors (Lipinski definition) is 4. The van der Waals surface area contributed by atoms with E-state index in [1.807, 2.05) is 0 Å². The topological polar surface area (TPSA) is 83.0 Å². The average Bonchev–Trinajstić information content (AvgIpc) is 3.00. The molecule has 152 valence electrons. The van der Waals surface area contributed by atoms with Crippen molar-refractivity contribution >= 4 is 5.91 Å². The minimum Gasteiger partial charge on any atom is -0.474 e. The third kappa shape index (κ3) is 3.78. The van der Waals surface area contributed by atoms with Crippen LogP contribution in [0.3, 0.4) is 0 Å². The molecular formula is C19H16F4N4O2. The number of halogens is 4. The summed E-state index contributed by atoms with van der Waals surface area (Å²) in [5.41, 5.74) is 3.72. The van der Waals surface area contributed by atoms with E-state index in [4.69, 9.17) is 10.5 Å². The lowest BCUT2D eigenvalue weighted by atomic mass is 10.1. The molecule has 0 spiro atoms. The Bertz CT molecular complexity index is 1090. The quantitative estimate of drug-likeness (QED) is 0.656. The number of rotatable bonds is 5. The van der Waals surface area contributed by atoms with E-state index >= 15 is 0 Å². The normalized spacial score (nSPS) is 11.6. The van der Waals surface area contributed by atoms with E-state index in [1.54, 1.807) is 7.05 Å². The molecule has 1 amide bonds. The van der Waals surface area contributed by atoms with Crippen LogP contribution in [0.25, 0.3) is 11.4 Å². The lowest BCUT2D eigenvalue weighted by Gasteiger charge is -2.26. The number of aromatic nitrogens is 3. The van der Waals surface area contributed by atoms with E-state index in [1.165, 1.54) is 30.5 Å². The van der Waals surface area contributed by atoms with Crippen LogP contribution in [-0.4, -0.2) is 20.7 Å². The molecule has 0 saturated heterocycles. The zero-order chi connectivity index (χ0) is 21.5. The molecule has 6 nitrogen and oxygen atoms in total. The molecule has 3 rings (SSSR count). The molecule has 0 fully saturated rings. The van der Waals surface area contributed by atoms with E-state index in [9.17, 15) is 22.4 Å². The van der Waals surface area contributed by atoms with E-state index in [0.29, 0.717) is 17.7 Å². The Morgan fingerprint density at radius 2 is 1.66 bits per heavy atom. The number of carbonyl (C=O) groups is 1. The second-order valence-electron chi connectivity index (χ2n) is 6.78. The molecule has 0 aliphatic heterocycles. The third-order valence-corrected chi connectivity index (χ3v) is 4.23. The number of ether oxygens (including phenoxy) is 1. The van der Waals surface area contributed by atoms with Crippen molar-refractivity contribution in [1.29, 1.82) is 0 Å². The van der Waals surface area contributed by atoms with Gasteiger partial charge in [0, 0.05) is 24.7 Å². The van der Waals surface area contributed by atoms with Gasteiger partial charge in [0.05, 0.1) is 5.56 Å². The summed E-state index contributed by atoms with van der Waals surface area (Å²) in [5, 5.41) is 7.95. The molecule has 3 aromatic rings. The molecule has 2 N–H and O–H groups in total. The summed E-state index contributed by atoms with van der Waals surface area (Å²) in [6, 6.07) is 4.72. The van der Waals surface area contributed by atoms with Gasteiger partial charge in [0.2, 0.25) is 0 Å². The summed E-state index contributed by atoms with van der Waals surface area (Å²) in [6.07, 6.45) is 0. The lowest BCUT2D eigenvalue weighted by Crippen LogP contribution is -2.30. The van der Waals surface area contributed by atoms with Gasteiger partial charge in [0.1, 0.15) is 11.6 Å². The van der Waals surface area contributed by atoms with E-state index < -0.39 is 40.5 Å². The van der Waals surface area contributed by atoms with Crippen molar-refractivity contribution in [2.24, 2.45) is 12.8 Å². The number of nitrogens with two attached hydrogens (primary N) is 1. The zero-order valence-electron chi connectivity index (χ0n) is 15.6. The highest BCUT2D eigenvalue weighted by atomic mass is 19.1. The average molecular weight is 408 g/mol. The molecule has 1 aromatic heterocycles. The number of hydrogen-bond donors (Lipinski definition) is 1. The summed E-state index contributed by atoms with van der Waals surface area (Å²) in [6.45, 7) is 2.97. The summed E-state index contributed by atoms with van der Waals surface area (Å²) in [5.74, 6) is -5.62. The SMILES string of the molecule is Cn1c(-c2ccc(C(N)=O)c(F)c2)nnc1C(C)(C)Oc1c(F)cc(F)cc1F. The van der Waals surface area contributed by atoms with Gasteiger partial charge in [-0.2, -0.15) is 0 Å². The van der Waals surface area contributed by atoms with Gasteiger partial charge >= 0.3 is 0 Å². The highest BCUT2D eigenvalue weighted by Crippen LogP contribution is 2.32. The molecule has 0 atom stereocenters. The van der Waals surface area contributed by atoms with Crippen molar-refractivity contribution in [3.05, 3.63) is 65.0 Å². The lowest BCUT2D eigenvalue weighted by molar-refractivity contribution is 0.0833. The van der Waals surface area contributed by atoms with Crippen LogP contribution in [0.4, 0.5) is 17.6 Å². The van der Waals surface area contributed by atoms with Gasteiger partial charge in [-0.25, -0.2) is 17.6 Å².